The van der Waals surface area contributed by atoms with Gasteiger partial charge in [0.25, 0.3) is 0 Å². The van der Waals surface area contributed by atoms with Crippen LogP contribution in [0.3, 0.4) is 0 Å². The standard InChI is InChI=1S/C14H19BrN2O/c1-11-4-5-12(10-13(11)15)16-7-6-14(18)17-8-2-3-9-17/h4-5,10,16H,2-3,6-9H2,1H3. The quantitative estimate of drug-likeness (QED) is 0.926. The maximum Gasteiger partial charge on any atom is 0.224 e. The number of hydrogen-bond donors (Lipinski definition) is 1. The Labute approximate surface area is 117 Å². The van der Waals surface area contributed by atoms with Gasteiger partial charge in [-0.2, -0.15) is 0 Å². The lowest BCUT2D eigenvalue weighted by atomic mass is 10.2. The van der Waals surface area contributed by atoms with E-state index in [9.17, 15) is 4.79 Å². The first-order valence-corrected chi connectivity index (χ1v) is 7.24. The van der Waals surface area contributed by atoms with Crippen molar-refractivity contribution < 1.29 is 4.79 Å². The van der Waals surface area contributed by atoms with E-state index in [1.165, 1.54) is 5.56 Å². The second-order valence-corrected chi connectivity index (χ2v) is 5.58. The third-order valence-corrected chi connectivity index (χ3v) is 4.15. The minimum absolute atomic E-state index is 0.270. The average molecular weight is 311 g/mol. The predicted octanol–water partition coefficient (Wildman–Crippen LogP) is 3.18. The second-order valence-electron chi connectivity index (χ2n) is 4.73. The molecule has 0 saturated carbocycles. The number of rotatable bonds is 4. The van der Waals surface area contributed by atoms with Crippen molar-refractivity contribution in [2.24, 2.45) is 0 Å². The summed E-state index contributed by atoms with van der Waals surface area (Å²) in [7, 11) is 0. The van der Waals surface area contributed by atoms with Gasteiger partial charge >= 0.3 is 0 Å². The fourth-order valence-corrected chi connectivity index (χ4v) is 2.52. The molecule has 0 unspecified atom stereocenters. The van der Waals surface area contributed by atoms with Gasteiger partial charge in [0.05, 0.1) is 0 Å². The van der Waals surface area contributed by atoms with Crippen LogP contribution >= 0.6 is 15.9 Å². The van der Waals surface area contributed by atoms with Crippen molar-refractivity contribution in [2.45, 2.75) is 26.2 Å². The van der Waals surface area contributed by atoms with E-state index in [1.807, 2.05) is 11.0 Å². The Morgan fingerprint density at radius 3 is 2.78 bits per heavy atom. The number of benzene rings is 1. The van der Waals surface area contributed by atoms with E-state index >= 15 is 0 Å². The Kier molecular flexibility index (Phi) is 4.64. The van der Waals surface area contributed by atoms with E-state index in [1.54, 1.807) is 0 Å². The van der Waals surface area contributed by atoms with E-state index in [4.69, 9.17) is 0 Å². The Hall–Kier alpha value is -1.03. The zero-order valence-corrected chi connectivity index (χ0v) is 12.3. The van der Waals surface area contributed by atoms with Gasteiger partial charge in [0.1, 0.15) is 0 Å². The maximum atomic E-state index is 11.8. The van der Waals surface area contributed by atoms with Crippen molar-refractivity contribution in [1.82, 2.24) is 4.90 Å². The Bertz CT molecular complexity index is 428. The van der Waals surface area contributed by atoms with Gasteiger partial charge in [-0.05, 0) is 37.5 Å². The molecule has 2 rings (SSSR count). The molecule has 98 valence electrons. The number of hydrogen-bond acceptors (Lipinski definition) is 2. The average Bonchev–Trinajstić information content (AvgIpc) is 2.87. The van der Waals surface area contributed by atoms with Gasteiger partial charge in [-0.3, -0.25) is 4.79 Å². The van der Waals surface area contributed by atoms with Gasteiger partial charge in [-0.15, -0.1) is 0 Å². The highest BCUT2D eigenvalue weighted by atomic mass is 79.9. The van der Waals surface area contributed by atoms with Crippen LogP contribution in [0.2, 0.25) is 0 Å². The molecule has 1 fully saturated rings. The first-order valence-electron chi connectivity index (χ1n) is 6.44. The van der Waals surface area contributed by atoms with Crippen molar-refractivity contribution in [3.8, 4) is 0 Å². The molecule has 1 aromatic rings. The lowest BCUT2D eigenvalue weighted by molar-refractivity contribution is -0.129. The van der Waals surface area contributed by atoms with E-state index in [2.05, 4.69) is 40.3 Å². The molecule has 0 aromatic heterocycles. The van der Waals surface area contributed by atoms with E-state index < -0.39 is 0 Å². The van der Waals surface area contributed by atoms with Crippen molar-refractivity contribution >= 4 is 27.5 Å². The number of aryl methyl sites for hydroxylation is 1. The highest BCUT2D eigenvalue weighted by molar-refractivity contribution is 9.10. The highest BCUT2D eigenvalue weighted by Gasteiger charge is 2.16. The lowest BCUT2D eigenvalue weighted by Gasteiger charge is -2.15. The highest BCUT2D eigenvalue weighted by Crippen LogP contribution is 2.20. The van der Waals surface area contributed by atoms with Crippen LogP contribution < -0.4 is 5.32 Å². The van der Waals surface area contributed by atoms with Crippen molar-refractivity contribution in [3.63, 3.8) is 0 Å². The van der Waals surface area contributed by atoms with Crippen LogP contribution in [0, 0.1) is 6.92 Å². The molecule has 1 N–H and O–H groups in total. The molecule has 0 radical (unpaired) electrons. The fraction of sp³-hybridized carbons (Fsp3) is 0.500. The molecule has 4 heteroatoms. The second kappa shape index (κ2) is 6.23. The molecular weight excluding hydrogens is 292 g/mol. The number of carbonyl (C=O) groups is 1. The van der Waals surface area contributed by atoms with Gasteiger partial charge in [-0.25, -0.2) is 0 Å². The fourth-order valence-electron chi connectivity index (χ4n) is 2.14. The summed E-state index contributed by atoms with van der Waals surface area (Å²) in [5.74, 6) is 0.270. The minimum atomic E-state index is 0.270. The number of halogens is 1. The topological polar surface area (TPSA) is 32.3 Å². The Morgan fingerprint density at radius 2 is 2.11 bits per heavy atom. The number of carbonyl (C=O) groups excluding carboxylic acids is 1. The predicted molar refractivity (Wildman–Crippen MR) is 77.8 cm³/mol. The molecule has 1 aliphatic heterocycles. The normalized spacial score (nSPS) is 14.9. The number of nitrogens with zero attached hydrogens (tertiary/aromatic N) is 1. The molecule has 1 aromatic carbocycles. The van der Waals surface area contributed by atoms with E-state index in [-0.39, 0.29) is 5.91 Å². The van der Waals surface area contributed by atoms with Crippen LogP contribution in [0.15, 0.2) is 22.7 Å². The smallest absolute Gasteiger partial charge is 0.224 e. The molecule has 18 heavy (non-hydrogen) atoms. The molecular formula is C14H19BrN2O. The van der Waals surface area contributed by atoms with Crippen LogP contribution in [-0.2, 0) is 4.79 Å². The van der Waals surface area contributed by atoms with Gasteiger partial charge in [0.2, 0.25) is 5.91 Å². The number of likely N-dealkylation sites (tertiary alicyclic amines) is 1. The summed E-state index contributed by atoms with van der Waals surface area (Å²) in [6.07, 6.45) is 2.89. The molecule has 0 bridgehead atoms. The number of amides is 1. The first kappa shape index (κ1) is 13.4. The maximum absolute atomic E-state index is 11.8. The summed E-state index contributed by atoms with van der Waals surface area (Å²) in [6, 6.07) is 6.16. The van der Waals surface area contributed by atoms with Crippen LogP contribution in [0.25, 0.3) is 0 Å². The Balaban J connectivity index is 1.77. The monoisotopic (exact) mass is 310 g/mol. The zero-order valence-electron chi connectivity index (χ0n) is 10.7. The summed E-state index contributed by atoms with van der Waals surface area (Å²) in [4.78, 5) is 13.8. The summed E-state index contributed by atoms with van der Waals surface area (Å²) in [5.41, 5.74) is 2.27. The van der Waals surface area contributed by atoms with Crippen molar-refractivity contribution in [2.75, 3.05) is 25.0 Å². The minimum Gasteiger partial charge on any atom is -0.384 e. The molecule has 1 aliphatic rings. The van der Waals surface area contributed by atoms with Crippen LogP contribution in [0.4, 0.5) is 5.69 Å². The molecule has 0 atom stereocenters. The molecule has 1 saturated heterocycles. The molecule has 1 amide bonds. The summed E-state index contributed by atoms with van der Waals surface area (Å²) < 4.78 is 1.10. The van der Waals surface area contributed by atoms with Gasteiger partial charge in [-0.1, -0.05) is 22.0 Å². The molecule has 0 spiro atoms. The van der Waals surface area contributed by atoms with Gasteiger partial charge in [0, 0.05) is 36.2 Å². The van der Waals surface area contributed by atoms with E-state index in [0.29, 0.717) is 13.0 Å². The van der Waals surface area contributed by atoms with Crippen molar-refractivity contribution in [1.29, 1.82) is 0 Å². The SMILES string of the molecule is Cc1ccc(NCCC(=O)N2CCCC2)cc1Br. The first-order chi connectivity index (χ1) is 8.66. The largest absolute Gasteiger partial charge is 0.384 e. The lowest BCUT2D eigenvalue weighted by Crippen LogP contribution is -2.29. The zero-order chi connectivity index (χ0) is 13.0. The molecule has 0 aliphatic carbocycles. The van der Waals surface area contributed by atoms with Gasteiger partial charge in [0.15, 0.2) is 0 Å². The van der Waals surface area contributed by atoms with E-state index in [0.717, 1.165) is 36.1 Å². The third-order valence-electron chi connectivity index (χ3n) is 3.30. The van der Waals surface area contributed by atoms with Crippen molar-refractivity contribution in [3.05, 3.63) is 28.2 Å². The molecule has 1 heterocycles. The van der Waals surface area contributed by atoms with Crippen LogP contribution in [0.1, 0.15) is 24.8 Å². The number of anilines is 1. The summed E-state index contributed by atoms with van der Waals surface area (Å²) in [6.45, 7) is 4.64. The third kappa shape index (κ3) is 3.48. The summed E-state index contributed by atoms with van der Waals surface area (Å²) in [5, 5.41) is 3.29. The Morgan fingerprint density at radius 1 is 1.39 bits per heavy atom. The van der Waals surface area contributed by atoms with Crippen LogP contribution in [-0.4, -0.2) is 30.4 Å². The van der Waals surface area contributed by atoms with Gasteiger partial charge < -0.3 is 10.2 Å². The molecule has 3 nitrogen and oxygen atoms in total. The van der Waals surface area contributed by atoms with Crippen LogP contribution in [0.5, 0.6) is 0 Å². The summed E-state index contributed by atoms with van der Waals surface area (Å²) >= 11 is 3.51. The number of nitrogens with one attached hydrogen (secondary N) is 1.